The van der Waals surface area contributed by atoms with E-state index in [-0.39, 0.29) is 18.3 Å². The summed E-state index contributed by atoms with van der Waals surface area (Å²) in [5, 5.41) is 5.89. The third-order valence-electron chi connectivity index (χ3n) is 3.42. The van der Waals surface area contributed by atoms with Crippen molar-refractivity contribution in [1.82, 2.24) is 15.5 Å². The highest BCUT2D eigenvalue weighted by Gasteiger charge is 2.21. The average molecular weight is 278 g/mol. The Morgan fingerprint density at radius 3 is 2.83 bits per heavy atom. The van der Waals surface area contributed by atoms with E-state index in [0.717, 1.165) is 6.54 Å². The molecular weight excluding hydrogens is 250 g/mol. The number of likely N-dealkylation sites (tertiary alicyclic amines) is 1. The topological polar surface area (TPSA) is 44.4 Å². The molecule has 0 bridgehead atoms. The highest BCUT2D eigenvalue weighted by atomic mass is 35.5. The van der Waals surface area contributed by atoms with Gasteiger partial charge in [-0.25, -0.2) is 0 Å². The number of hydrogen-bond acceptors (Lipinski definition) is 3. The van der Waals surface area contributed by atoms with Crippen LogP contribution in [0, 0.1) is 0 Å². The van der Waals surface area contributed by atoms with Crippen LogP contribution in [0.25, 0.3) is 0 Å². The van der Waals surface area contributed by atoms with Gasteiger partial charge < -0.3 is 10.6 Å². The first-order valence-corrected chi connectivity index (χ1v) is 6.93. The van der Waals surface area contributed by atoms with Crippen molar-refractivity contribution in [2.75, 3.05) is 33.2 Å². The Morgan fingerprint density at radius 1 is 1.39 bits per heavy atom. The van der Waals surface area contributed by atoms with Crippen LogP contribution < -0.4 is 10.6 Å². The van der Waals surface area contributed by atoms with Crippen molar-refractivity contribution in [3.05, 3.63) is 0 Å². The molecule has 4 nitrogen and oxygen atoms in total. The fraction of sp³-hybridized carbons (Fsp3) is 0.923. The lowest BCUT2D eigenvalue weighted by atomic mass is 10.0. The predicted molar refractivity (Wildman–Crippen MR) is 78.3 cm³/mol. The molecule has 2 N–H and O–H groups in total. The normalized spacial score (nSPS) is 20.2. The zero-order valence-corrected chi connectivity index (χ0v) is 12.5. The Bertz CT molecular complexity index is 226. The van der Waals surface area contributed by atoms with Gasteiger partial charge in [-0.3, -0.25) is 9.69 Å². The van der Waals surface area contributed by atoms with Crippen molar-refractivity contribution >= 4 is 18.3 Å². The minimum atomic E-state index is 0. The van der Waals surface area contributed by atoms with Crippen molar-refractivity contribution < 1.29 is 4.79 Å². The highest BCUT2D eigenvalue weighted by Crippen LogP contribution is 2.16. The first-order chi connectivity index (χ1) is 8.27. The van der Waals surface area contributed by atoms with E-state index >= 15 is 0 Å². The quantitative estimate of drug-likeness (QED) is 0.739. The third kappa shape index (κ3) is 6.57. The number of carbonyl (C=O) groups excluding carboxylic acids is 1. The number of halogens is 1. The summed E-state index contributed by atoms with van der Waals surface area (Å²) < 4.78 is 0. The van der Waals surface area contributed by atoms with Gasteiger partial charge in [-0.1, -0.05) is 19.8 Å². The molecule has 0 aromatic carbocycles. The predicted octanol–water partition coefficient (Wildman–Crippen LogP) is 1.40. The molecule has 1 atom stereocenters. The number of carbonyl (C=O) groups is 1. The van der Waals surface area contributed by atoms with E-state index in [1.807, 2.05) is 0 Å². The fourth-order valence-corrected chi connectivity index (χ4v) is 2.40. The molecule has 0 spiro atoms. The van der Waals surface area contributed by atoms with Gasteiger partial charge in [0.1, 0.15) is 0 Å². The lowest BCUT2D eigenvalue weighted by Gasteiger charge is -2.35. The molecule has 5 heteroatoms. The van der Waals surface area contributed by atoms with Crippen molar-refractivity contribution in [2.24, 2.45) is 0 Å². The second kappa shape index (κ2) is 10.6. The van der Waals surface area contributed by atoms with Crippen LogP contribution in [0.2, 0.25) is 0 Å². The van der Waals surface area contributed by atoms with E-state index in [1.165, 1.54) is 45.2 Å². The molecule has 108 valence electrons. The number of unbranched alkanes of at least 4 members (excludes halogenated alkanes) is 1. The van der Waals surface area contributed by atoms with Gasteiger partial charge in [-0.15, -0.1) is 12.4 Å². The van der Waals surface area contributed by atoms with E-state index < -0.39 is 0 Å². The van der Waals surface area contributed by atoms with Gasteiger partial charge in [-0.05, 0) is 39.4 Å². The molecule has 18 heavy (non-hydrogen) atoms. The highest BCUT2D eigenvalue weighted by molar-refractivity contribution is 5.85. The summed E-state index contributed by atoms with van der Waals surface area (Å²) in [6.07, 6.45) is 6.35. The number of likely N-dealkylation sites (N-methyl/N-ethyl adjacent to an activating group) is 1. The Hall–Kier alpha value is -0.320. The van der Waals surface area contributed by atoms with Gasteiger partial charge >= 0.3 is 0 Å². The maximum Gasteiger partial charge on any atom is 0.234 e. The fourth-order valence-electron chi connectivity index (χ4n) is 2.40. The summed E-state index contributed by atoms with van der Waals surface area (Å²) >= 11 is 0. The molecule has 1 saturated heterocycles. The van der Waals surface area contributed by atoms with E-state index in [0.29, 0.717) is 12.6 Å². The van der Waals surface area contributed by atoms with Gasteiger partial charge in [0.15, 0.2) is 0 Å². The largest absolute Gasteiger partial charge is 0.353 e. The van der Waals surface area contributed by atoms with Crippen molar-refractivity contribution in [2.45, 2.75) is 45.1 Å². The standard InChI is InChI=1S/C13H27N3O.ClH/c1-3-4-8-16-9-6-5-7-12(16)10-15-13(17)11-14-2;/h12,14H,3-11H2,1-2H3,(H,15,17);1H. The monoisotopic (exact) mass is 277 g/mol. The Kier molecular flexibility index (Phi) is 10.4. The summed E-state index contributed by atoms with van der Waals surface area (Å²) in [6, 6.07) is 0.552. The van der Waals surface area contributed by atoms with Crippen LogP contribution in [-0.4, -0.2) is 50.1 Å². The second-order valence-electron chi connectivity index (χ2n) is 4.87. The van der Waals surface area contributed by atoms with Crippen LogP contribution >= 0.6 is 12.4 Å². The second-order valence-corrected chi connectivity index (χ2v) is 4.87. The first kappa shape index (κ1) is 17.7. The first-order valence-electron chi connectivity index (χ1n) is 6.93. The number of rotatable bonds is 7. The van der Waals surface area contributed by atoms with Gasteiger partial charge in [0.2, 0.25) is 5.91 Å². The maximum absolute atomic E-state index is 11.4. The summed E-state index contributed by atoms with van der Waals surface area (Å²) in [5.74, 6) is 0.105. The Balaban J connectivity index is 0.00000289. The molecule has 1 unspecified atom stereocenters. The minimum absolute atomic E-state index is 0. The van der Waals surface area contributed by atoms with Crippen molar-refractivity contribution in [3.8, 4) is 0 Å². The van der Waals surface area contributed by atoms with E-state index in [2.05, 4.69) is 22.5 Å². The van der Waals surface area contributed by atoms with Crippen LogP contribution in [0.4, 0.5) is 0 Å². The number of piperidine rings is 1. The Morgan fingerprint density at radius 2 is 2.17 bits per heavy atom. The van der Waals surface area contributed by atoms with Crippen LogP contribution in [0.15, 0.2) is 0 Å². The number of hydrogen-bond donors (Lipinski definition) is 2. The molecule has 0 aromatic heterocycles. The zero-order chi connectivity index (χ0) is 12.5. The van der Waals surface area contributed by atoms with Crippen LogP contribution in [0.1, 0.15) is 39.0 Å². The smallest absolute Gasteiger partial charge is 0.234 e. The van der Waals surface area contributed by atoms with Gasteiger partial charge in [0.05, 0.1) is 6.54 Å². The molecule has 1 rings (SSSR count). The molecule has 0 aromatic rings. The number of nitrogens with zero attached hydrogens (tertiary/aromatic N) is 1. The van der Waals surface area contributed by atoms with Gasteiger partial charge in [0, 0.05) is 12.6 Å². The third-order valence-corrected chi connectivity index (χ3v) is 3.42. The molecule has 0 aliphatic carbocycles. The minimum Gasteiger partial charge on any atom is -0.353 e. The van der Waals surface area contributed by atoms with E-state index in [1.54, 1.807) is 7.05 Å². The molecule has 1 fully saturated rings. The molecule has 0 radical (unpaired) electrons. The Labute approximate surface area is 117 Å². The van der Waals surface area contributed by atoms with Crippen LogP contribution in [0.3, 0.4) is 0 Å². The maximum atomic E-state index is 11.4. The van der Waals surface area contributed by atoms with Crippen molar-refractivity contribution in [3.63, 3.8) is 0 Å². The zero-order valence-electron chi connectivity index (χ0n) is 11.7. The summed E-state index contributed by atoms with van der Waals surface area (Å²) in [7, 11) is 1.80. The number of nitrogens with one attached hydrogen (secondary N) is 2. The van der Waals surface area contributed by atoms with E-state index in [9.17, 15) is 4.79 Å². The summed E-state index contributed by atoms with van der Waals surface area (Å²) in [4.78, 5) is 14.0. The lowest BCUT2D eigenvalue weighted by Crippen LogP contribution is -2.48. The number of amides is 1. The molecular formula is C13H28ClN3O. The lowest BCUT2D eigenvalue weighted by molar-refractivity contribution is -0.120. The molecule has 1 heterocycles. The van der Waals surface area contributed by atoms with Crippen LogP contribution in [0.5, 0.6) is 0 Å². The molecule has 1 aliphatic rings. The van der Waals surface area contributed by atoms with Gasteiger partial charge in [0.25, 0.3) is 0 Å². The summed E-state index contributed by atoms with van der Waals surface area (Å²) in [6.45, 7) is 5.84. The van der Waals surface area contributed by atoms with Gasteiger partial charge in [-0.2, -0.15) is 0 Å². The SMILES string of the molecule is CCCCN1CCCCC1CNC(=O)CNC.Cl. The molecule has 1 amide bonds. The van der Waals surface area contributed by atoms with E-state index in [4.69, 9.17) is 0 Å². The molecule has 1 aliphatic heterocycles. The average Bonchev–Trinajstić information content (AvgIpc) is 2.35. The molecule has 0 saturated carbocycles. The van der Waals surface area contributed by atoms with Crippen LogP contribution in [-0.2, 0) is 4.79 Å². The van der Waals surface area contributed by atoms with Crippen molar-refractivity contribution in [1.29, 1.82) is 0 Å². The summed E-state index contributed by atoms with van der Waals surface area (Å²) in [5.41, 5.74) is 0.